The summed E-state index contributed by atoms with van der Waals surface area (Å²) in [5, 5.41) is 19.3. The van der Waals surface area contributed by atoms with Crippen LogP contribution in [-0.4, -0.2) is 73.4 Å². The van der Waals surface area contributed by atoms with E-state index in [1.807, 2.05) is 15.3 Å². The normalized spacial score (nSPS) is 14.7. The van der Waals surface area contributed by atoms with E-state index in [1.165, 1.54) is 11.9 Å². The van der Waals surface area contributed by atoms with Crippen molar-refractivity contribution in [2.45, 2.75) is 25.8 Å². The number of nitriles is 1. The summed E-state index contributed by atoms with van der Waals surface area (Å²) in [4.78, 5) is 9.19. The molecule has 2 N–H and O–H groups in total. The van der Waals surface area contributed by atoms with Crippen molar-refractivity contribution < 1.29 is 0 Å². The molecule has 0 spiro atoms. The van der Waals surface area contributed by atoms with Crippen LogP contribution in [0.5, 0.6) is 0 Å². The summed E-state index contributed by atoms with van der Waals surface area (Å²) in [5.74, 6) is 0.481. The van der Waals surface area contributed by atoms with Gasteiger partial charge in [-0.2, -0.15) is 15.5 Å². The average molecular weight is 520 g/mol. The van der Waals surface area contributed by atoms with Gasteiger partial charge in [-0.25, -0.2) is 9.50 Å². The Kier molecular flexibility index (Phi) is 7.21. The van der Waals surface area contributed by atoms with Crippen molar-refractivity contribution in [1.29, 1.82) is 5.26 Å². The van der Waals surface area contributed by atoms with Crippen molar-refractivity contribution in [2.75, 3.05) is 45.0 Å². The standard InChI is InChI=1S/C30H33N9/c31-11-5-13-37-16-14-36(15-17-37)12-4-8-26-19-27(29-30(32)33-22-34-39(26)29)24-9-10-25-21-38(35-28(25)18-24)20-23-6-2-1-3-7-23/h1-3,6-7,9-10,18-19,21-22H,4-5,8,12-17,20H2,(H2,32,33,34). The van der Waals surface area contributed by atoms with Crippen molar-refractivity contribution in [3.63, 3.8) is 0 Å². The highest BCUT2D eigenvalue weighted by Gasteiger charge is 2.18. The van der Waals surface area contributed by atoms with E-state index >= 15 is 0 Å². The highest BCUT2D eigenvalue weighted by Crippen LogP contribution is 2.32. The third kappa shape index (κ3) is 5.48. The maximum Gasteiger partial charge on any atom is 0.151 e. The zero-order chi connectivity index (χ0) is 26.6. The Morgan fingerprint density at radius 2 is 1.74 bits per heavy atom. The molecule has 9 nitrogen and oxygen atoms in total. The zero-order valence-electron chi connectivity index (χ0n) is 22.1. The fraction of sp³-hybridized carbons (Fsp3) is 0.333. The molecule has 0 bridgehead atoms. The Hall–Kier alpha value is -4.26. The van der Waals surface area contributed by atoms with Crippen LogP contribution >= 0.6 is 0 Å². The van der Waals surface area contributed by atoms with E-state index in [4.69, 9.17) is 16.1 Å². The number of aryl methyl sites for hydroxylation is 1. The van der Waals surface area contributed by atoms with E-state index in [0.29, 0.717) is 12.2 Å². The van der Waals surface area contributed by atoms with Crippen molar-refractivity contribution in [1.82, 2.24) is 34.2 Å². The average Bonchev–Trinajstić information content (AvgIpc) is 3.54. The first-order chi connectivity index (χ1) is 19.2. The third-order valence-electron chi connectivity index (χ3n) is 7.62. The molecule has 5 aromatic rings. The molecule has 6 rings (SSSR count). The van der Waals surface area contributed by atoms with Gasteiger partial charge in [-0.05, 0) is 42.6 Å². The minimum atomic E-state index is 0.481. The van der Waals surface area contributed by atoms with Crippen molar-refractivity contribution >= 4 is 22.2 Å². The highest BCUT2D eigenvalue weighted by molar-refractivity contribution is 5.92. The number of hydrogen-bond donors (Lipinski definition) is 1. The fourth-order valence-corrected chi connectivity index (χ4v) is 5.55. The van der Waals surface area contributed by atoms with E-state index in [2.05, 4.69) is 80.7 Å². The molecule has 39 heavy (non-hydrogen) atoms. The molecule has 1 aliphatic rings. The molecule has 0 aliphatic carbocycles. The van der Waals surface area contributed by atoms with Crippen LogP contribution in [0.1, 0.15) is 24.1 Å². The summed E-state index contributed by atoms with van der Waals surface area (Å²) >= 11 is 0. The van der Waals surface area contributed by atoms with Crippen molar-refractivity contribution in [2.24, 2.45) is 0 Å². The van der Waals surface area contributed by atoms with Crippen LogP contribution in [0, 0.1) is 11.3 Å². The van der Waals surface area contributed by atoms with Gasteiger partial charge in [0.1, 0.15) is 11.8 Å². The van der Waals surface area contributed by atoms with Crippen LogP contribution in [0.25, 0.3) is 27.5 Å². The van der Waals surface area contributed by atoms with E-state index in [9.17, 15) is 0 Å². The predicted molar refractivity (Wildman–Crippen MR) is 153 cm³/mol. The van der Waals surface area contributed by atoms with E-state index < -0.39 is 0 Å². The summed E-state index contributed by atoms with van der Waals surface area (Å²) in [6.07, 6.45) is 6.18. The Morgan fingerprint density at radius 3 is 2.54 bits per heavy atom. The molecule has 0 radical (unpaired) electrons. The summed E-state index contributed by atoms with van der Waals surface area (Å²) < 4.78 is 3.95. The number of anilines is 1. The molecule has 1 aliphatic heterocycles. The number of benzene rings is 2. The number of nitrogens with zero attached hydrogens (tertiary/aromatic N) is 8. The lowest BCUT2D eigenvalue weighted by atomic mass is 10.0. The molecule has 0 saturated carbocycles. The smallest absolute Gasteiger partial charge is 0.151 e. The Balaban J connectivity index is 1.19. The number of piperazine rings is 1. The van der Waals surface area contributed by atoms with Gasteiger partial charge in [-0.3, -0.25) is 9.58 Å². The molecule has 4 heterocycles. The molecular weight excluding hydrogens is 486 g/mol. The van der Waals surface area contributed by atoms with Gasteiger partial charge in [0.05, 0.1) is 18.1 Å². The Morgan fingerprint density at radius 1 is 0.949 bits per heavy atom. The van der Waals surface area contributed by atoms with Gasteiger partial charge < -0.3 is 10.6 Å². The number of aromatic nitrogens is 5. The van der Waals surface area contributed by atoms with Crippen LogP contribution in [0.2, 0.25) is 0 Å². The van der Waals surface area contributed by atoms with Crippen molar-refractivity contribution in [3.05, 3.63) is 78.4 Å². The van der Waals surface area contributed by atoms with Gasteiger partial charge in [0.2, 0.25) is 0 Å². The van der Waals surface area contributed by atoms with Crippen LogP contribution in [-0.2, 0) is 13.0 Å². The predicted octanol–water partition coefficient (Wildman–Crippen LogP) is 3.84. The van der Waals surface area contributed by atoms with Crippen LogP contribution in [0.4, 0.5) is 5.82 Å². The van der Waals surface area contributed by atoms with Crippen LogP contribution in [0.3, 0.4) is 0 Å². The molecule has 9 heteroatoms. The second kappa shape index (κ2) is 11.2. The SMILES string of the molecule is N#CCCN1CCN(CCCc2cc(-c3ccc4cn(Cc5ccccc5)nc4c3)c3c(N)ncnn23)CC1. The van der Waals surface area contributed by atoms with E-state index in [0.717, 1.165) is 91.9 Å². The summed E-state index contributed by atoms with van der Waals surface area (Å²) in [7, 11) is 0. The number of hydrogen-bond acceptors (Lipinski definition) is 7. The largest absolute Gasteiger partial charge is 0.382 e. The lowest BCUT2D eigenvalue weighted by Crippen LogP contribution is -2.46. The maximum atomic E-state index is 8.83. The van der Waals surface area contributed by atoms with E-state index in [-0.39, 0.29) is 0 Å². The van der Waals surface area contributed by atoms with Gasteiger partial charge in [-0.15, -0.1) is 0 Å². The molecule has 198 valence electrons. The summed E-state index contributed by atoms with van der Waals surface area (Å²) in [6.45, 7) is 6.83. The second-order valence-corrected chi connectivity index (χ2v) is 10.2. The maximum absolute atomic E-state index is 8.83. The Labute approximate surface area is 228 Å². The third-order valence-corrected chi connectivity index (χ3v) is 7.62. The zero-order valence-corrected chi connectivity index (χ0v) is 22.1. The molecule has 3 aromatic heterocycles. The van der Waals surface area contributed by atoms with Crippen LogP contribution < -0.4 is 5.73 Å². The quantitative estimate of drug-likeness (QED) is 0.315. The summed E-state index contributed by atoms with van der Waals surface area (Å²) in [6, 6.07) is 21.2. The van der Waals surface area contributed by atoms with E-state index in [1.54, 1.807) is 0 Å². The van der Waals surface area contributed by atoms with Gasteiger partial charge in [0.15, 0.2) is 5.82 Å². The first-order valence-electron chi connectivity index (χ1n) is 13.6. The van der Waals surface area contributed by atoms with Gasteiger partial charge in [0, 0.05) is 62.0 Å². The molecule has 2 aromatic carbocycles. The minimum Gasteiger partial charge on any atom is -0.382 e. The topological polar surface area (TPSA) is 104 Å². The number of nitrogen functional groups attached to an aromatic ring is 1. The molecule has 1 saturated heterocycles. The first kappa shape index (κ1) is 25.0. The molecule has 0 atom stereocenters. The molecular formula is C30H33N9. The molecule has 0 amide bonds. The first-order valence-corrected chi connectivity index (χ1v) is 13.6. The number of nitrogens with two attached hydrogens (primary N) is 1. The Bertz CT molecular complexity index is 1600. The monoisotopic (exact) mass is 519 g/mol. The lowest BCUT2D eigenvalue weighted by molar-refractivity contribution is 0.133. The lowest BCUT2D eigenvalue weighted by Gasteiger charge is -2.34. The number of fused-ring (bicyclic) bond motifs is 2. The summed E-state index contributed by atoms with van der Waals surface area (Å²) in [5.41, 5.74) is 12.6. The fourth-order valence-electron chi connectivity index (χ4n) is 5.55. The highest BCUT2D eigenvalue weighted by atomic mass is 15.3. The second-order valence-electron chi connectivity index (χ2n) is 10.2. The minimum absolute atomic E-state index is 0.481. The molecule has 0 unspecified atom stereocenters. The van der Waals surface area contributed by atoms with Crippen LogP contribution in [0.15, 0.2) is 67.1 Å². The van der Waals surface area contributed by atoms with Gasteiger partial charge in [0.25, 0.3) is 0 Å². The van der Waals surface area contributed by atoms with Gasteiger partial charge >= 0.3 is 0 Å². The van der Waals surface area contributed by atoms with Crippen molar-refractivity contribution in [3.8, 4) is 17.2 Å². The number of rotatable bonds is 9. The van der Waals surface area contributed by atoms with Gasteiger partial charge in [-0.1, -0.05) is 42.5 Å². The molecule has 1 fully saturated rings.